The molecule has 0 aromatic heterocycles. The van der Waals surface area contributed by atoms with Gasteiger partial charge in [-0.15, -0.1) is 18.3 Å². The summed E-state index contributed by atoms with van der Waals surface area (Å²) in [5, 5.41) is 8.00. The van der Waals surface area contributed by atoms with Gasteiger partial charge in [0.25, 0.3) is 0 Å². The first-order valence-corrected chi connectivity index (χ1v) is 10.6. The van der Waals surface area contributed by atoms with Gasteiger partial charge in [0.15, 0.2) is 5.84 Å². The lowest BCUT2D eigenvalue weighted by Crippen LogP contribution is -2.44. The Bertz CT molecular complexity index is 1370. The van der Waals surface area contributed by atoms with Gasteiger partial charge in [0, 0.05) is 5.56 Å². The summed E-state index contributed by atoms with van der Waals surface area (Å²) in [6.45, 7) is -0.238. The van der Waals surface area contributed by atoms with E-state index in [1.165, 1.54) is 37.4 Å². The highest BCUT2D eigenvalue weighted by molar-refractivity contribution is 6.14. The first-order valence-electron chi connectivity index (χ1n) is 10.6. The van der Waals surface area contributed by atoms with Crippen molar-refractivity contribution in [3.63, 3.8) is 0 Å². The molecule has 7 nitrogen and oxygen atoms in total. The normalized spacial score (nSPS) is 13.5. The number of amides is 1. The Morgan fingerprint density at radius 3 is 2.16 bits per heavy atom. The lowest BCUT2D eigenvalue weighted by molar-refractivity contribution is -0.274. The molecule has 0 saturated heterocycles. The first kappa shape index (κ1) is 25.6. The Morgan fingerprint density at radius 2 is 1.57 bits per heavy atom. The molecule has 1 aliphatic rings. The molecule has 0 N–H and O–H groups in total. The molecule has 0 bridgehead atoms. The zero-order valence-electron chi connectivity index (χ0n) is 19.3. The molecule has 0 atom stereocenters. The van der Waals surface area contributed by atoms with Crippen LogP contribution >= 0.6 is 0 Å². The highest BCUT2D eigenvalue weighted by atomic mass is 19.4. The molecule has 4 rings (SSSR count). The van der Waals surface area contributed by atoms with Crippen molar-refractivity contribution in [2.45, 2.75) is 6.36 Å². The second-order valence-electron chi connectivity index (χ2n) is 7.61. The quantitative estimate of drug-likeness (QED) is 0.401. The molecule has 0 saturated carbocycles. The summed E-state index contributed by atoms with van der Waals surface area (Å²) in [5.74, 6) is -2.27. The Kier molecular flexibility index (Phi) is 7.09. The molecule has 0 fully saturated rings. The van der Waals surface area contributed by atoms with E-state index < -0.39 is 29.7 Å². The van der Waals surface area contributed by atoms with E-state index in [9.17, 15) is 26.7 Å². The zero-order valence-corrected chi connectivity index (χ0v) is 19.3. The molecule has 12 heteroatoms. The summed E-state index contributed by atoms with van der Waals surface area (Å²) in [7, 11) is 2.51. The molecule has 3 aromatic carbocycles. The fourth-order valence-electron chi connectivity index (χ4n) is 3.67. The van der Waals surface area contributed by atoms with Crippen LogP contribution in [0.4, 0.5) is 26.7 Å². The Morgan fingerprint density at radius 1 is 0.919 bits per heavy atom. The number of carbonyl (C=O) groups excluding carboxylic acids is 1. The molecule has 192 valence electrons. The van der Waals surface area contributed by atoms with E-state index in [1.807, 2.05) is 0 Å². The largest absolute Gasteiger partial charge is 0.573 e. The predicted octanol–water partition coefficient (Wildman–Crippen LogP) is 5.77. The van der Waals surface area contributed by atoms with E-state index in [4.69, 9.17) is 9.47 Å². The lowest BCUT2D eigenvalue weighted by Gasteiger charge is -2.26. The first-order chi connectivity index (χ1) is 17.6. The topological polar surface area (TPSA) is 72.7 Å². The van der Waals surface area contributed by atoms with Crippen molar-refractivity contribution in [1.82, 2.24) is 4.90 Å². The summed E-state index contributed by atoms with van der Waals surface area (Å²) >= 11 is 0. The number of halogens is 5. The van der Waals surface area contributed by atoms with Gasteiger partial charge in [-0.3, -0.25) is 4.90 Å². The van der Waals surface area contributed by atoms with Crippen LogP contribution in [0, 0.1) is 11.6 Å². The number of hydrogen-bond acceptors (Lipinski definition) is 6. The van der Waals surface area contributed by atoms with E-state index in [0.717, 1.165) is 24.1 Å². The van der Waals surface area contributed by atoms with E-state index in [0.29, 0.717) is 22.4 Å². The van der Waals surface area contributed by atoms with Gasteiger partial charge in [-0.05, 0) is 47.5 Å². The van der Waals surface area contributed by atoms with Crippen LogP contribution in [-0.4, -0.2) is 49.7 Å². The Balaban J connectivity index is 1.70. The van der Waals surface area contributed by atoms with E-state index in [2.05, 4.69) is 14.9 Å². The molecular formula is C25H18F5N3O4. The van der Waals surface area contributed by atoms with Gasteiger partial charge < -0.3 is 14.2 Å². The number of alkyl halides is 3. The smallest absolute Gasteiger partial charge is 0.496 e. The number of rotatable bonds is 5. The zero-order chi connectivity index (χ0) is 26.7. The summed E-state index contributed by atoms with van der Waals surface area (Å²) in [5.41, 5.74) is 1.32. The number of ether oxygens (including phenoxy) is 3. The van der Waals surface area contributed by atoms with Gasteiger partial charge in [0.05, 0.1) is 32.0 Å². The van der Waals surface area contributed by atoms with Gasteiger partial charge >= 0.3 is 12.5 Å². The number of hydrogen-bond donors (Lipinski definition) is 0. The maximum Gasteiger partial charge on any atom is 0.573 e. The molecular weight excluding hydrogens is 501 g/mol. The van der Waals surface area contributed by atoms with Crippen LogP contribution in [0.1, 0.15) is 11.1 Å². The van der Waals surface area contributed by atoms with Crippen LogP contribution < -0.4 is 9.47 Å². The van der Waals surface area contributed by atoms with Crippen molar-refractivity contribution in [1.29, 1.82) is 0 Å². The van der Waals surface area contributed by atoms with Crippen molar-refractivity contribution in [2.24, 2.45) is 10.2 Å². The number of amidine groups is 1. The molecule has 0 unspecified atom stereocenters. The van der Waals surface area contributed by atoms with Crippen LogP contribution in [0.3, 0.4) is 0 Å². The van der Waals surface area contributed by atoms with Crippen LogP contribution in [0.5, 0.6) is 11.5 Å². The average molecular weight is 519 g/mol. The van der Waals surface area contributed by atoms with E-state index >= 15 is 0 Å². The molecule has 0 spiro atoms. The third kappa shape index (κ3) is 5.52. The Hall–Kier alpha value is -4.48. The summed E-state index contributed by atoms with van der Waals surface area (Å²) in [6.07, 6.45) is -5.71. The molecule has 1 amide bonds. The number of carbonyl (C=O) groups is 1. The summed E-state index contributed by atoms with van der Waals surface area (Å²) in [4.78, 5) is 13.4. The van der Waals surface area contributed by atoms with Crippen molar-refractivity contribution in [2.75, 3.05) is 20.8 Å². The van der Waals surface area contributed by atoms with Crippen LogP contribution in [0.2, 0.25) is 0 Å². The molecule has 1 heterocycles. The standard InChI is InChI=1S/C25H18F5N3O4/c1-35-21-12-15(14-6-9-16(10-7-14)37-25(28,29)30)8-11-17(21)20-13-33(24(34)36-2)23(32-31-20)22-18(26)4-3-5-19(22)27/h3-12H,13H2,1-2H3. The van der Waals surface area contributed by atoms with Crippen molar-refractivity contribution >= 4 is 17.6 Å². The minimum Gasteiger partial charge on any atom is -0.496 e. The third-order valence-electron chi connectivity index (χ3n) is 5.34. The maximum atomic E-state index is 14.4. The third-order valence-corrected chi connectivity index (χ3v) is 5.34. The fourth-order valence-corrected chi connectivity index (χ4v) is 3.67. The van der Waals surface area contributed by atoms with Crippen molar-refractivity contribution in [3.8, 4) is 22.6 Å². The minimum atomic E-state index is -4.80. The summed E-state index contributed by atoms with van der Waals surface area (Å²) in [6, 6.07) is 13.4. The molecule has 0 aliphatic carbocycles. The summed E-state index contributed by atoms with van der Waals surface area (Å²) < 4.78 is 80.2. The number of nitrogens with zero attached hydrogens (tertiary/aromatic N) is 3. The SMILES string of the molecule is COC(=O)N1CC(c2ccc(-c3ccc(OC(F)(F)F)cc3)cc2OC)=NN=C1c1c(F)cccc1F. The number of benzene rings is 3. The fraction of sp³-hybridized carbons (Fsp3) is 0.160. The second-order valence-corrected chi connectivity index (χ2v) is 7.61. The maximum absolute atomic E-state index is 14.4. The molecule has 37 heavy (non-hydrogen) atoms. The van der Waals surface area contributed by atoms with E-state index in [-0.39, 0.29) is 23.8 Å². The van der Waals surface area contributed by atoms with Gasteiger partial charge in [-0.2, -0.15) is 5.10 Å². The average Bonchev–Trinajstić information content (AvgIpc) is 2.87. The molecule has 3 aromatic rings. The van der Waals surface area contributed by atoms with E-state index in [1.54, 1.807) is 18.2 Å². The second kappa shape index (κ2) is 10.2. The lowest BCUT2D eigenvalue weighted by atomic mass is 10.00. The molecule has 1 aliphatic heterocycles. The molecule has 0 radical (unpaired) electrons. The highest BCUT2D eigenvalue weighted by Gasteiger charge is 2.32. The highest BCUT2D eigenvalue weighted by Crippen LogP contribution is 2.31. The predicted molar refractivity (Wildman–Crippen MR) is 124 cm³/mol. The van der Waals surface area contributed by atoms with Gasteiger partial charge in [0.1, 0.15) is 23.1 Å². The van der Waals surface area contributed by atoms with Gasteiger partial charge in [-0.1, -0.05) is 24.3 Å². The van der Waals surface area contributed by atoms with Crippen LogP contribution in [0.25, 0.3) is 11.1 Å². The van der Waals surface area contributed by atoms with Crippen LogP contribution in [-0.2, 0) is 4.74 Å². The van der Waals surface area contributed by atoms with Crippen LogP contribution in [0.15, 0.2) is 70.9 Å². The van der Waals surface area contributed by atoms with Crippen molar-refractivity contribution in [3.05, 3.63) is 83.4 Å². The van der Waals surface area contributed by atoms with Crippen molar-refractivity contribution < 1.29 is 41.0 Å². The Labute approximate surface area is 207 Å². The van der Waals surface area contributed by atoms with Gasteiger partial charge in [0.2, 0.25) is 0 Å². The monoisotopic (exact) mass is 519 g/mol. The minimum absolute atomic E-state index is 0.238. The number of methoxy groups -OCH3 is 2. The van der Waals surface area contributed by atoms with Gasteiger partial charge in [-0.25, -0.2) is 13.6 Å².